The maximum absolute atomic E-state index is 11.9. The molecule has 0 bridgehead atoms. The van der Waals surface area contributed by atoms with Crippen LogP contribution in [-0.2, 0) is 54.0 Å². The number of carbonyl (C=O) groups excluding carboxylic acids is 4. The molecule has 12 nitrogen and oxygen atoms in total. The summed E-state index contributed by atoms with van der Waals surface area (Å²) in [5, 5.41) is 0. The van der Waals surface area contributed by atoms with Crippen molar-refractivity contribution in [2.75, 3.05) is 20.0 Å². The van der Waals surface area contributed by atoms with Crippen LogP contribution >= 0.6 is 0 Å². The number of unbranched alkanes of at least 4 members (excludes halogenated alkanes) is 1. The zero-order valence-corrected chi connectivity index (χ0v) is 21.3. The molecule has 204 valence electrons. The molecule has 0 N–H and O–H groups in total. The average Bonchev–Trinajstić information content (AvgIpc) is 3.28. The van der Waals surface area contributed by atoms with Gasteiger partial charge in [-0.1, -0.05) is 6.07 Å². The Bertz CT molecular complexity index is 976. The zero-order valence-electron chi connectivity index (χ0n) is 21.3. The summed E-state index contributed by atoms with van der Waals surface area (Å²) < 4.78 is 43.7. The number of rotatable bonds is 11. The van der Waals surface area contributed by atoms with Crippen molar-refractivity contribution in [1.29, 1.82) is 0 Å². The molecule has 3 rings (SSSR count). The van der Waals surface area contributed by atoms with Crippen molar-refractivity contribution in [3.63, 3.8) is 0 Å². The predicted octanol–water partition coefficient (Wildman–Crippen LogP) is 1.84. The highest BCUT2D eigenvalue weighted by atomic mass is 16.7. The number of hydrogen-bond acceptors (Lipinski definition) is 12. The summed E-state index contributed by atoms with van der Waals surface area (Å²) in [5.74, 6) is -1.22. The van der Waals surface area contributed by atoms with E-state index in [4.69, 9.17) is 37.9 Å². The first kappa shape index (κ1) is 28.2. The third-order valence-corrected chi connectivity index (χ3v) is 5.53. The molecule has 1 aromatic rings. The summed E-state index contributed by atoms with van der Waals surface area (Å²) in [4.78, 5) is 46.9. The number of hydrogen-bond donors (Lipinski definition) is 0. The van der Waals surface area contributed by atoms with Crippen LogP contribution in [0.4, 0.5) is 0 Å². The second kappa shape index (κ2) is 13.2. The van der Waals surface area contributed by atoms with Crippen molar-refractivity contribution < 1.29 is 57.1 Å². The minimum absolute atomic E-state index is 0.211. The summed E-state index contributed by atoms with van der Waals surface area (Å²) in [6.07, 6.45) is -3.75. The Labute approximate surface area is 214 Å². The van der Waals surface area contributed by atoms with E-state index in [9.17, 15) is 19.2 Å². The zero-order chi connectivity index (χ0) is 26.9. The molecule has 0 amide bonds. The monoisotopic (exact) mass is 524 g/mol. The fourth-order valence-electron chi connectivity index (χ4n) is 4.05. The van der Waals surface area contributed by atoms with Gasteiger partial charge in [-0.05, 0) is 37.0 Å². The van der Waals surface area contributed by atoms with Crippen LogP contribution in [0, 0.1) is 0 Å². The van der Waals surface area contributed by atoms with E-state index in [-0.39, 0.29) is 20.0 Å². The second-order valence-corrected chi connectivity index (χ2v) is 8.58. The third-order valence-electron chi connectivity index (χ3n) is 5.53. The summed E-state index contributed by atoms with van der Waals surface area (Å²) in [6, 6.07) is 5.77. The lowest BCUT2D eigenvalue weighted by molar-refractivity contribution is -0.308. The average molecular weight is 525 g/mol. The van der Waals surface area contributed by atoms with E-state index in [2.05, 4.69) is 0 Å². The highest BCUT2D eigenvalue weighted by molar-refractivity contribution is 5.68. The van der Waals surface area contributed by atoms with E-state index in [1.807, 2.05) is 18.2 Å². The Morgan fingerprint density at radius 1 is 0.811 bits per heavy atom. The number of esters is 4. The first-order chi connectivity index (χ1) is 17.6. The van der Waals surface area contributed by atoms with Crippen LogP contribution in [-0.4, -0.2) is 74.6 Å². The van der Waals surface area contributed by atoms with Gasteiger partial charge < -0.3 is 37.9 Å². The maximum atomic E-state index is 11.9. The van der Waals surface area contributed by atoms with Crippen LogP contribution in [0.1, 0.15) is 46.1 Å². The lowest BCUT2D eigenvalue weighted by atomic mass is 9.98. The molecule has 5 atom stereocenters. The van der Waals surface area contributed by atoms with Crippen LogP contribution in [0.25, 0.3) is 0 Å². The molecule has 0 spiro atoms. The van der Waals surface area contributed by atoms with E-state index in [1.165, 1.54) is 13.8 Å². The SMILES string of the molecule is CC(=O)OCC1OC(OCCCCc2ccc3c(c2)OCO3)C(OC(C)=O)C(OC(C)=O)C1OC(C)=O. The first-order valence-corrected chi connectivity index (χ1v) is 11.9. The molecule has 1 saturated heterocycles. The summed E-state index contributed by atoms with van der Waals surface area (Å²) in [7, 11) is 0. The standard InChI is InChI=1S/C25H32O12/c1-14(26)31-12-21-22(34-15(2)27)23(35-16(3)28)24(36-17(4)29)25(37-21)30-10-6-5-7-18-8-9-19-20(11-18)33-13-32-19/h8-9,11,21-25H,5-7,10,12-13H2,1-4H3. The molecule has 0 saturated carbocycles. The van der Waals surface area contributed by atoms with Gasteiger partial charge in [0.25, 0.3) is 0 Å². The summed E-state index contributed by atoms with van der Waals surface area (Å²) in [6.45, 7) is 4.85. The number of benzene rings is 1. The summed E-state index contributed by atoms with van der Waals surface area (Å²) in [5.41, 5.74) is 1.08. The number of ether oxygens (including phenoxy) is 8. The van der Waals surface area contributed by atoms with Crippen molar-refractivity contribution in [2.45, 2.75) is 77.7 Å². The van der Waals surface area contributed by atoms with Crippen molar-refractivity contribution in [1.82, 2.24) is 0 Å². The van der Waals surface area contributed by atoms with Gasteiger partial charge in [0.1, 0.15) is 12.7 Å². The van der Waals surface area contributed by atoms with Gasteiger partial charge in [-0.2, -0.15) is 0 Å². The molecule has 0 aromatic heterocycles. The molecule has 0 aliphatic carbocycles. The van der Waals surface area contributed by atoms with Crippen LogP contribution in [0.3, 0.4) is 0 Å². The van der Waals surface area contributed by atoms with Crippen molar-refractivity contribution in [3.05, 3.63) is 23.8 Å². The molecular weight excluding hydrogens is 492 g/mol. The molecule has 1 fully saturated rings. The highest BCUT2D eigenvalue weighted by Crippen LogP contribution is 2.33. The second-order valence-electron chi connectivity index (χ2n) is 8.58. The molecule has 1 aromatic carbocycles. The Morgan fingerprint density at radius 3 is 2.14 bits per heavy atom. The van der Waals surface area contributed by atoms with Gasteiger partial charge >= 0.3 is 23.9 Å². The molecular formula is C25H32O12. The number of fused-ring (bicyclic) bond motifs is 1. The van der Waals surface area contributed by atoms with E-state index in [0.717, 1.165) is 38.0 Å². The van der Waals surface area contributed by atoms with Gasteiger partial charge in [0.15, 0.2) is 36.1 Å². The predicted molar refractivity (Wildman–Crippen MR) is 123 cm³/mol. The highest BCUT2D eigenvalue weighted by Gasteiger charge is 2.52. The minimum Gasteiger partial charge on any atom is -0.463 e. The van der Waals surface area contributed by atoms with Gasteiger partial charge in [0, 0.05) is 34.3 Å². The third kappa shape index (κ3) is 8.32. The van der Waals surface area contributed by atoms with E-state index >= 15 is 0 Å². The van der Waals surface area contributed by atoms with Crippen LogP contribution in [0.2, 0.25) is 0 Å². The van der Waals surface area contributed by atoms with Crippen LogP contribution in [0.15, 0.2) is 18.2 Å². The van der Waals surface area contributed by atoms with Gasteiger partial charge in [-0.15, -0.1) is 0 Å². The van der Waals surface area contributed by atoms with Crippen LogP contribution in [0.5, 0.6) is 11.5 Å². The maximum Gasteiger partial charge on any atom is 0.303 e. The van der Waals surface area contributed by atoms with Crippen molar-refractivity contribution >= 4 is 23.9 Å². The van der Waals surface area contributed by atoms with Crippen LogP contribution < -0.4 is 9.47 Å². The molecule has 37 heavy (non-hydrogen) atoms. The molecule has 0 radical (unpaired) electrons. The molecule has 2 aliphatic heterocycles. The fraction of sp³-hybridized carbons (Fsp3) is 0.600. The van der Waals surface area contributed by atoms with Gasteiger partial charge in [-0.3, -0.25) is 19.2 Å². The van der Waals surface area contributed by atoms with Gasteiger partial charge in [-0.25, -0.2) is 0 Å². The van der Waals surface area contributed by atoms with E-state index in [1.54, 1.807) is 0 Å². The number of carbonyl (C=O) groups is 4. The molecule has 2 heterocycles. The quantitative estimate of drug-likeness (QED) is 0.237. The molecule has 5 unspecified atom stereocenters. The lowest BCUT2D eigenvalue weighted by Gasteiger charge is -2.44. The Balaban J connectivity index is 1.67. The van der Waals surface area contributed by atoms with E-state index in [0.29, 0.717) is 12.2 Å². The Kier molecular flexibility index (Phi) is 10.1. The minimum atomic E-state index is -1.25. The fourth-order valence-corrected chi connectivity index (χ4v) is 4.05. The first-order valence-electron chi connectivity index (χ1n) is 11.9. The summed E-state index contributed by atoms with van der Waals surface area (Å²) >= 11 is 0. The van der Waals surface area contributed by atoms with Crippen molar-refractivity contribution in [2.24, 2.45) is 0 Å². The van der Waals surface area contributed by atoms with Gasteiger partial charge in [0.05, 0.1) is 0 Å². The van der Waals surface area contributed by atoms with E-state index < -0.39 is 54.6 Å². The largest absolute Gasteiger partial charge is 0.463 e. The lowest BCUT2D eigenvalue weighted by Crippen LogP contribution is -2.63. The number of aryl methyl sites for hydroxylation is 1. The molecule has 2 aliphatic rings. The molecule has 12 heteroatoms. The Morgan fingerprint density at radius 2 is 1.46 bits per heavy atom. The van der Waals surface area contributed by atoms with Crippen molar-refractivity contribution in [3.8, 4) is 11.5 Å². The smallest absolute Gasteiger partial charge is 0.303 e. The van der Waals surface area contributed by atoms with Gasteiger partial charge in [0.2, 0.25) is 6.79 Å². The normalized spacial score (nSPS) is 24.2. The topological polar surface area (TPSA) is 142 Å². The Hall–Kier alpha value is -3.38.